The van der Waals surface area contributed by atoms with E-state index in [1.54, 1.807) is 38.2 Å². The van der Waals surface area contributed by atoms with Crippen LogP contribution in [0.1, 0.15) is 6.92 Å². The standard InChI is InChI=1S/C12H14N2O3/c1-8(15)7-14-11(16)9-5-3-4-6-10(9)13(2)12(14)17/h3-6,8,15H,7H2,1-2H3. The summed E-state index contributed by atoms with van der Waals surface area (Å²) >= 11 is 0. The van der Waals surface area contributed by atoms with Crippen molar-refractivity contribution in [1.82, 2.24) is 9.13 Å². The van der Waals surface area contributed by atoms with Crippen LogP contribution in [0.5, 0.6) is 0 Å². The zero-order chi connectivity index (χ0) is 12.6. The molecule has 2 rings (SSSR count). The normalized spacial score (nSPS) is 12.9. The van der Waals surface area contributed by atoms with E-state index < -0.39 is 11.8 Å². The van der Waals surface area contributed by atoms with Gasteiger partial charge in [-0.3, -0.25) is 13.9 Å². The zero-order valence-electron chi connectivity index (χ0n) is 9.75. The molecule has 2 aromatic rings. The average molecular weight is 234 g/mol. The molecule has 0 aliphatic carbocycles. The average Bonchev–Trinajstić information content (AvgIpc) is 2.31. The van der Waals surface area contributed by atoms with E-state index in [0.29, 0.717) is 10.9 Å². The van der Waals surface area contributed by atoms with Gasteiger partial charge in [-0.25, -0.2) is 4.79 Å². The van der Waals surface area contributed by atoms with Gasteiger partial charge < -0.3 is 5.11 Å². The number of nitrogens with zero attached hydrogens (tertiary/aromatic N) is 2. The number of hydrogen-bond acceptors (Lipinski definition) is 3. The number of benzene rings is 1. The Balaban J connectivity index is 2.87. The molecule has 0 spiro atoms. The van der Waals surface area contributed by atoms with Gasteiger partial charge in [0.25, 0.3) is 5.56 Å². The van der Waals surface area contributed by atoms with Crippen LogP contribution in [0.4, 0.5) is 0 Å². The van der Waals surface area contributed by atoms with Crippen molar-refractivity contribution in [3.05, 3.63) is 45.1 Å². The van der Waals surface area contributed by atoms with Gasteiger partial charge in [0.15, 0.2) is 0 Å². The number of rotatable bonds is 2. The molecule has 1 aromatic heterocycles. The summed E-state index contributed by atoms with van der Waals surface area (Å²) in [5.74, 6) is 0. The lowest BCUT2D eigenvalue weighted by Gasteiger charge is -2.11. The third-order valence-electron chi connectivity index (χ3n) is 2.71. The van der Waals surface area contributed by atoms with Crippen LogP contribution >= 0.6 is 0 Å². The van der Waals surface area contributed by atoms with E-state index in [-0.39, 0.29) is 12.1 Å². The Morgan fingerprint density at radius 2 is 1.94 bits per heavy atom. The molecule has 17 heavy (non-hydrogen) atoms. The molecule has 1 heterocycles. The number of fused-ring (bicyclic) bond motifs is 1. The predicted molar refractivity (Wildman–Crippen MR) is 65.1 cm³/mol. The Morgan fingerprint density at radius 3 is 2.59 bits per heavy atom. The largest absolute Gasteiger partial charge is 0.392 e. The van der Waals surface area contributed by atoms with Gasteiger partial charge in [0.05, 0.1) is 23.6 Å². The van der Waals surface area contributed by atoms with Gasteiger partial charge in [-0.2, -0.15) is 0 Å². The highest BCUT2D eigenvalue weighted by molar-refractivity contribution is 5.77. The number of aliphatic hydroxyl groups is 1. The lowest BCUT2D eigenvalue weighted by Crippen LogP contribution is -2.41. The van der Waals surface area contributed by atoms with Crippen molar-refractivity contribution in [3.8, 4) is 0 Å². The second-order valence-electron chi connectivity index (χ2n) is 4.12. The second kappa shape index (κ2) is 4.18. The highest BCUT2D eigenvalue weighted by Crippen LogP contribution is 2.05. The van der Waals surface area contributed by atoms with Gasteiger partial charge >= 0.3 is 5.69 Å². The maximum absolute atomic E-state index is 12.1. The monoisotopic (exact) mass is 234 g/mol. The van der Waals surface area contributed by atoms with E-state index in [4.69, 9.17) is 0 Å². The van der Waals surface area contributed by atoms with Crippen LogP contribution < -0.4 is 11.2 Å². The summed E-state index contributed by atoms with van der Waals surface area (Å²) in [7, 11) is 1.61. The van der Waals surface area contributed by atoms with Crippen molar-refractivity contribution in [2.75, 3.05) is 0 Å². The third kappa shape index (κ3) is 1.89. The molecule has 0 saturated heterocycles. The highest BCUT2D eigenvalue weighted by atomic mass is 16.3. The van der Waals surface area contributed by atoms with E-state index in [2.05, 4.69) is 0 Å². The van der Waals surface area contributed by atoms with Crippen molar-refractivity contribution in [3.63, 3.8) is 0 Å². The smallest absolute Gasteiger partial charge is 0.331 e. The third-order valence-corrected chi connectivity index (χ3v) is 2.71. The van der Waals surface area contributed by atoms with E-state index >= 15 is 0 Å². The second-order valence-corrected chi connectivity index (χ2v) is 4.12. The first kappa shape index (κ1) is 11.6. The van der Waals surface area contributed by atoms with Crippen LogP contribution in [0.3, 0.4) is 0 Å². The van der Waals surface area contributed by atoms with Crippen LogP contribution in [0.25, 0.3) is 10.9 Å². The lowest BCUT2D eigenvalue weighted by molar-refractivity contribution is 0.170. The quantitative estimate of drug-likeness (QED) is 0.800. The summed E-state index contributed by atoms with van der Waals surface area (Å²) in [5.41, 5.74) is -0.163. The molecular weight excluding hydrogens is 220 g/mol. The minimum absolute atomic E-state index is 0.0103. The summed E-state index contributed by atoms with van der Waals surface area (Å²) in [5, 5.41) is 9.79. The van der Waals surface area contributed by atoms with Crippen LogP contribution in [0.15, 0.2) is 33.9 Å². The first-order valence-corrected chi connectivity index (χ1v) is 5.39. The Labute approximate surface area is 97.5 Å². The molecule has 1 N–H and O–H groups in total. The molecule has 0 amide bonds. The van der Waals surface area contributed by atoms with Gasteiger partial charge in [-0.15, -0.1) is 0 Å². The maximum atomic E-state index is 12.1. The van der Waals surface area contributed by atoms with Crippen LogP contribution in [0, 0.1) is 0 Å². The summed E-state index contributed by atoms with van der Waals surface area (Å²) in [6, 6.07) is 6.93. The number of hydrogen-bond donors (Lipinski definition) is 1. The van der Waals surface area contributed by atoms with Crippen LogP contribution in [-0.4, -0.2) is 20.3 Å². The van der Waals surface area contributed by atoms with E-state index in [1.165, 1.54) is 4.57 Å². The number of aromatic nitrogens is 2. The van der Waals surface area contributed by atoms with Gasteiger partial charge in [-0.05, 0) is 19.1 Å². The highest BCUT2D eigenvalue weighted by Gasteiger charge is 2.11. The van der Waals surface area contributed by atoms with Crippen molar-refractivity contribution in [2.45, 2.75) is 19.6 Å². The summed E-state index contributed by atoms with van der Waals surface area (Å²) in [4.78, 5) is 24.0. The van der Waals surface area contributed by atoms with Crippen molar-refractivity contribution in [1.29, 1.82) is 0 Å². The Bertz CT molecular complexity index is 667. The fraction of sp³-hybridized carbons (Fsp3) is 0.333. The van der Waals surface area contributed by atoms with Crippen molar-refractivity contribution < 1.29 is 5.11 Å². The molecule has 5 heteroatoms. The fourth-order valence-corrected chi connectivity index (χ4v) is 1.89. The van der Waals surface area contributed by atoms with Gasteiger partial charge in [0.2, 0.25) is 0 Å². The van der Waals surface area contributed by atoms with Crippen LogP contribution in [-0.2, 0) is 13.6 Å². The molecular formula is C12H14N2O3. The van der Waals surface area contributed by atoms with Crippen LogP contribution in [0.2, 0.25) is 0 Å². The molecule has 0 bridgehead atoms. The number of aliphatic hydroxyl groups excluding tert-OH is 1. The zero-order valence-corrected chi connectivity index (χ0v) is 9.75. The van der Waals surface area contributed by atoms with Gasteiger partial charge in [-0.1, -0.05) is 12.1 Å². The minimum atomic E-state index is -0.735. The van der Waals surface area contributed by atoms with Gasteiger partial charge in [0, 0.05) is 7.05 Å². The minimum Gasteiger partial charge on any atom is -0.392 e. The summed E-state index contributed by atoms with van der Waals surface area (Å²) < 4.78 is 2.48. The summed E-state index contributed by atoms with van der Waals surface area (Å²) in [6.07, 6.45) is -0.735. The van der Waals surface area contributed by atoms with E-state index in [0.717, 1.165) is 4.57 Å². The molecule has 0 aliphatic heterocycles. The van der Waals surface area contributed by atoms with Crippen molar-refractivity contribution >= 4 is 10.9 Å². The number of aryl methyl sites for hydroxylation is 1. The molecule has 1 unspecified atom stereocenters. The maximum Gasteiger partial charge on any atom is 0.331 e. The van der Waals surface area contributed by atoms with Crippen molar-refractivity contribution in [2.24, 2.45) is 7.05 Å². The van der Waals surface area contributed by atoms with Gasteiger partial charge in [0.1, 0.15) is 0 Å². The molecule has 0 saturated carbocycles. The summed E-state index contributed by atoms with van der Waals surface area (Å²) in [6.45, 7) is 1.55. The molecule has 0 radical (unpaired) electrons. The predicted octanol–water partition coefficient (Wildman–Crippen LogP) is 0.0810. The molecule has 0 aliphatic rings. The number of para-hydroxylation sites is 1. The fourth-order valence-electron chi connectivity index (χ4n) is 1.89. The Kier molecular flexibility index (Phi) is 2.85. The molecule has 0 fully saturated rings. The topological polar surface area (TPSA) is 64.2 Å². The first-order valence-electron chi connectivity index (χ1n) is 5.39. The molecule has 1 aromatic carbocycles. The lowest BCUT2D eigenvalue weighted by atomic mass is 10.2. The Hall–Kier alpha value is -1.88. The van der Waals surface area contributed by atoms with E-state index in [1.807, 2.05) is 0 Å². The SMILES string of the molecule is CC(O)Cn1c(=O)c2ccccc2n(C)c1=O. The molecule has 5 nitrogen and oxygen atoms in total. The molecule has 90 valence electrons. The Morgan fingerprint density at radius 1 is 1.29 bits per heavy atom. The first-order chi connectivity index (χ1) is 8.02. The van der Waals surface area contributed by atoms with E-state index in [9.17, 15) is 14.7 Å². The molecule has 1 atom stereocenters.